The Labute approximate surface area is 147 Å². The molecule has 0 aliphatic carbocycles. The Hall–Kier alpha value is -1.41. The second-order valence-electron chi connectivity index (χ2n) is 5.26. The summed E-state index contributed by atoms with van der Waals surface area (Å²) < 4.78 is 6.12. The lowest BCUT2D eigenvalue weighted by atomic mass is 10.1. The van der Waals surface area contributed by atoms with Crippen molar-refractivity contribution in [2.24, 2.45) is 0 Å². The number of methoxy groups -OCH3 is 1. The van der Waals surface area contributed by atoms with Gasteiger partial charge in [0.05, 0.1) is 34.6 Å². The van der Waals surface area contributed by atoms with Gasteiger partial charge in [-0.3, -0.25) is 4.90 Å². The number of anilines is 1. The first kappa shape index (κ1) is 16.4. The molecule has 0 amide bonds. The highest BCUT2D eigenvalue weighted by atomic mass is 79.9. The van der Waals surface area contributed by atoms with Gasteiger partial charge in [-0.2, -0.15) is 0 Å². The number of aromatic nitrogens is 2. The molecule has 3 N–H and O–H groups in total. The minimum Gasteiger partial charge on any atom is -0.496 e. The molecule has 122 valence electrons. The molecule has 0 saturated heterocycles. The number of aliphatic hydroxyl groups excluding tert-OH is 1. The van der Waals surface area contributed by atoms with E-state index < -0.39 is 0 Å². The van der Waals surface area contributed by atoms with Crippen molar-refractivity contribution in [2.45, 2.75) is 13.1 Å². The minimum atomic E-state index is 0.0963. The lowest BCUT2D eigenvalue weighted by molar-refractivity contribution is 0.197. The number of benzene rings is 1. The predicted octanol–water partition coefficient (Wildman–Crippen LogP) is 2.46. The van der Waals surface area contributed by atoms with Gasteiger partial charge in [-0.1, -0.05) is 11.6 Å². The molecule has 6 nitrogen and oxygen atoms in total. The molecule has 0 saturated carbocycles. The van der Waals surface area contributed by atoms with Crippen molar-refractivity contribution in [2.75, 3.05) is 26.0 Å². The van der Waals surface area contributed by atoms with Crippen molar-refractivity contribution in [1.82, 2.24) is 14.9 Å². The average molecular weight is 400 g/mol. The molecule has 2 heterocycles. The molecule has 1 aromatic heterocycles. The van der Waals surface area contributed by atoms with Gasteiger partial charge in [0, 0.05) is 30.8 Å². The smallest absolute Gasteiger partial charge is 0.220 e. The van der Waals surface area contributed by atoms with Crippen LogP contribution in [0.5, 0.6) is 5.75 Å². The molecule has 0 fully saturated rings. The number of nitrogens with zero attached hydrogens (tertiary/aromatic N) is 3. The van der Waals surface area contributed by atoms with E-state index in [-0.39, 0.29) is 12.6 Å². The van der Waals surface area contributed by atoms with Crippen LogP contribution in [0.1, 0.15) is 11.3 Å². The number of β-amino-alcohol motifs (C(OH)–C–C–N with tert-alkyl or cyclic N) is 1. The van der Waals surface area contributed by atoms with Crippen molar-refractivity contribution in [3.05, 3.63) is 32.9 Å². The summed E-state index contributed by atoms with van der Waals surface area (Å²) >= 11 is 9.82. The number of hydrogen-bond donors (Lipinski definition) is 2. The Kier molecular flexibility index (Phi) is 4.72. The summed E-state index contributed by atoms with van der Waals surface area (Å²) in [6.45, 7) is 1.97. The maximum atomic E-state index is 9.14. The summed E-state index contributed by atoms with van der Waals surface area (Å²) in [5.74, 6) is 0.878. The van der Waals surface area contributed by atoms with Gasteiger partial charge in [-0.25, -0.2) is 9.97 Å². The fourth-order valence-electron chi connectivity index (χ4n) is 2.73. The topological polar surface area (TPSA) is 84.5 Å². The lowest BCUT2D eigenvalue weighted by Gasteiger charge is -2.13. The van der Waals surface area contributed by atoms with E-state index in [2.05, 4.69) is 30.8 Å². The molecule has 0 spiro atoms. The van der Waals surface area contributed by atoms with Crippen LogP contribution in [0.4, 0.5) is 5.95 Å². The number of halogens is 2. The van der Waals surface area contributed by atoms with E-state index >= 15 is 0 Å². The molecule has 23 heavy (non-hydrogen) atoms. The highest BCUT2D eigenvalue weighted by Gasteiger charge is 2.26. The summed E-state index contributed by atoms with van der Waals surface area (Å²) in [5.41, 5.74) is 9.19. The first-order chi connectivity index (χ1) is 11.0. The van der Waals surface area contributed by atoms with Crippen LogP contribution in [0, 0.1) is 0 Å². The predicted molar refractivity (Wildman–Crippen MR) is 92.3 cm³/mol. The van der Waals surface area contributed by atoms with Crippen molar-refractivity contribution >= 4 is 33.5 Å². The van der Waals surface area contributed by atoms with E-state index in [0.29, 0.717) is 36.1 Å². The fourth-order valence-corrected chi connectivity index (χ4v) is 3.62. The van der Waals surface area contributed by atoms with Crippen molar-refractivity contribution in [3.8, 4) is 17.0 Å². The number of aliphatic hydroxyl groups is 1. The molecule has 0 atom stereocenters. The number of hydrogen-bond acceptors (Lipinski definition) is 6. The second kappa shape index (κ2) is 6.60. The first-order valence-corrected chi connectivity index (χ1v) is 8.22. The van der Waals surface area contributed by atoms with E-state index in [4.69, 9.17) is 27.2 Å². The average Bonchev–Trinajstić information content (AvgIpc) is 2.89. The van der Waals surface area contributed by atoms with Crippen molar-refractivity contribution in [3.63, 3.8) is 0 Å². The number of fused-ring (bicyclic) bond motifs is 1. The Morgan fingerprint density at radius 1 is 1.39 bits per heavy atom. The molecule has 1 aliphatic rings. The van der Waals surface area contributed by atoms with Gasteiger partial charge in [0.25, 0.3) is 0 Å². The summed E-state index contributed by atoms with van der Waals surface area (Å²) in [7, 11) is 1.60. The maximum absolute atomic E-state index is 9.14. The van der Waals surface area contributed by atoms with Gasteiger partial charge in [0.15, 0.2) is 0 Å². The highest BCUT2D eigenvalue weighted by molar-refractivity contribution is 9.10. The van der Waals surface area contributed by atoms with Crippen molar-refractivity contribution in [1.29, 1.82) is 0 Å². The molecule has 0 unspecified atom stereocenters. The molecule has 1 aromatic carbocycles. The van der Waals surface area contributed by atoms with Gasteiger partial charge in [-0.15, -0.1) is 0 Å². The van der Waals surface area contributed by atoms with Crippen molar-refractivity contribution < 1.29 is 9.84 Å². The highest BCUT2D eigenvalue weighted by Crippen LogP contribution is 2.39. The van der Waals surface area contributed by atoms with E-state index in [1.807, 2.05) is 6.07 Å². The lowest BCUT2D eigenvalue weighted by Crippen LogP contribution is -2.20. The molecule has 3 rings (SSSR count). The Balaban J connectivity index is 2.12. The van der Waals surface area contributed by atoms with Crippen LogP contribution >= 0.6 is 27.5 Å². The first-order valence-electron chi connectivity index (χ1n) is 7.05. The van der Waals surface area contributed by atoms with Crippen LogP contribution < -0.4 is 10.5 Å². The summed E-state index contributed by atoms with van der Waals surface area (Å²) in [4.78, 5) is 10.8. The van der Waals surface area contributed by atoms with E-state index in [0.717, 1.165) is 21.3 Å². The molecular formula is C15H16BrClN4O2. The van der Waals surface area contributed by atoms with Gasteiger partial charge in [0.1, 0.15) is 5.75 Å². The largest absolute Gasteiger partial charge is 0.496 e. The van der Waals surface area contributed by atoms with Crippen LogP contribution in [0.15, 0.2) is 16.6 Å². The summed E-state index contributed by atoms with van der Waals surface area (Å²) in [6, 6.07) is 3.62. The zero-order valence-electron chi connectivity index (χ0n) is 12.5. The molecule has 0 radical (unpaired) electrons. The van der Waals surface area contributed by atoms with Crippen LogP contribution in [0.2, 0.25) is 5.02 Å². The maximum Gasteiger partial charge on any atom is 0.220 e. The van der Waals surface area contributed by atoms with Gasteiger partial charge < -0.3 is 15.6 Å². The monoisotopic (exact) mass is 398 g/mol. The normalized spacial score (nSPS) is 14.1. The Morgan fingerprint density at radius 2 is 2.17 bits per heavy atom. The third kappa shape index (κ3) is 3.14. The standard InChI is InChI=1S/C15H16BrClN4O2/c1-23-13-4-8(11(17)5-10(13)16)14-9-6-21(2-3-22)7-12(9)19-15(18)20-14/h4-5,22H,2-3,6-7H2,1H3,(H2,18,19,20). The number of nitrogens with two attached hydrogens (primary N) is 1. The SMILES string of the molecule is COc1cc(-c2nc(N)nc3c2CN(CCO)C3)c(Cl)cc1Br. The second-order valence-corrected chi connectivity index (χ2v) is 6.52. The molecule has 8 heteroatoms. The van der Waals surface area contributed by atoms with E-state index in [1.54, 1.807) is 13.2 Å². The Morgan fingerprint density at radius 3 is 2.87 bits per heavy atom. The molecule has 2 aromatic rings. The summed E-state index contributed by atoms with van der Waals surface area (Å²) in [6.07, 6.45) is 0. The van der Waals surface area contributed by atoms with E-state index in [9.17, 15) is 0 Å². The third-order valence-corrected chi connectivity index (χ3v) is 4.71. The quantitative estimate of drug-likeness (QED) is 0.821. The van der Waals surface area contributed by atoms with Crippen LogP contribution in [0.25, 0.3) is 11.3 Å². The summed E-state index contributed by atoms with van der Waals surface area (Å²) in [5, 5.41) is 9.70. The van der Waals surface area contributed by atoms with Crippen LogP contribution in [-0.4, -0.2) is 40.2 Å². The fraction of sp³-hybridized carbons (Fsp3) is 0.333. The minimum absolute atomic E-state index is 0.0963. The molecule has 1 aliphatic heterocycles. The Bertz CT molecular complexity index is 757. The zero-order chi connectivity index (χ0) is 16.6. The van der Waals surface area contributed by atoms with E-state index in [1.165, 1.54) is 0 Å². The number of rotatable bonds is 4. The van der Waals surface area contributed by atoms with Gasteiger partial charge in [0.2, 0.25) is 5.95 Å². The number of ether oxygens (including phenoxy) is 1. The molecule has 0 bridgehead atoms. The van der Waals surface area contributed by atoms with Crippen LogP contribution in [-0.2, 0) is 13.1 Å². The van der Waals surface area contributed by atoms with Crippen LogP contribution in [0.3, 0.4) is 0 Å². The van der Waals surface area contributed by atoms with Gasteiger partial charge >= 0.3 is 0 Å². The zero-order valence-corrected chi connectivity index (χ0v) is 14.9. The molecular weight excluding hydrogens is 384 g/mol. The third-order valence-electron chi connectivity index (χ3n) is 3.78. The van der Waals surface area contributed by atoms with Gasteiger partial charge in [-0.05, 0) is 28.1 Å². The number of nitrogen functional groups attached to an aromatic ring is 1.